The minimum Gasteiger partial charge on any atom is -0.497 e. The molecule has 0 unspecified atom stereocenters. The van der Waals surface area contributed by atoms with Crippen molar-refractivity contribution in [2.75, 3.05) is 28.4 Å². The summed E-state index contributed by atoms with van der Waals surface area (Å²) in [6.07, 6.45) is 0. The average molecular weight is 581 g/mol. The van der Waals surface area contributed by atoms with E-state index in [9.17, 15) is 9.59 Å². The lowest BCUT2D eigenvalue weighted by molar-refractivity contribution is 0.415. The second-order valence-corrected chi connectivity index (χ2v) is 11.1. The molecular formula is C36H24N2O6. The summed E-state index contributed by atoms with van der Waals surface area (Å²) in [7, 11) is 6.45. The highest BCUT2D eigenvalue weighted by molar-refractivity contribution is 6.21. The van der Waals surface area contributed by atoms with E-state index in [-0.39, 0.29) is 10.9 Å². The van der Waals surface area contributed by atoms with Crippen LogP contribution in [-0.4, -0.2) is 37.2 Å². The van der Waals surface area contributed by atoms with Crippen LogP contribution in [-0.2, 0) is 0 Å². The molecule has 0 spiro atoms. The van der Waals surface area contributed by atoms with Gasteiger partial charge in [0.05, 0.1) is 72.3 Å². The van der Waals surface area contributed by atoms with E-state index in [1.54, 1.807) is 46.6 Å². The minimum absolute atomic E-state index is 0.162. The van der Waals surface area contributed by atoms with Gasteiger partial charge in [-0.1, -0.05) is 0 Å². The second kappa shape index (κ2) is 8.41. The van der Waals surface area contributed by atoms with Crippen LogP contribution in [0.4, 0.5) is 0 Å². The van der Waals surface area contributed by atoms with Gasteiger partial charge in [0, 0.05) is 32.3 Å². The monoisotopic (exact) mass is 580 g/mol. The Morgan fingerprint density at radius 3 is 1.18 bits per heavy atom. The van der Waals surface area contributed by atoms with E-state index >= 15 is 0 Å². The van der Waals surface area contributed by atoms with Crippen LogP contribution in [0.3, 0.4) is 0 Å². The van der Waals surface area contributed by atoms with Crippen LogP contribution < -0.4 is 29.8 Å². The van der Waals surface area contributed by atoms with Crippen LogP contribution in [0.15, 0.2) is 82.4 Å². The number of ether oxygens (including phenoxy) is 4. The molecule has 0 saturated carbocycles. The third-order valence-corrected chi connectivity index (χ3v) is 9.13. The maximum absolute atomic E-state index is 14.3. The fourth-order valence-electron chi connectivity index (χ4n) is 7.14. The first-order chi connectivity index (χ1) is 21.4. The molecule has 0 radical (unpaired) electrons. The first-order valence-electron chi connectivity index (χ1n) is 14.1. The first-order valence-corrected chi connectivity index (χ1v) is 14.1. The summed E-state index contributed by atoms with van der Waals surface area (Å²) >= 11 is 0. The van der Waals surface area contributed by atoms with Crippen molar-refractivity contribution in [3.63, 3.8) is 0 Å². The standard InChI is InChI=1S/C36H24N2O6/c1-41-17-5-7-29-21(9-17)23-11-19(43-3)13-27-33(23)37(29)31-16-32-26(15-25(31)35(27)39)36(40)28-14-20(44-4)12-24-22-10-18(42-2)6-8-30(22)38(32)34(24)28/h5-16H,1-4H3. The van der Waals surface area contributed by atoms with Crippen molar-refractivity contribution in [3.05, 3.63) is 93.2 Å². The van der Waals surface area contributed by atoms with Gasteiger partial charge in [-0.2, -0.15) is 0 Å². The minimum atomic E-state index is -0.162. The lowest BCUT2D eigenvalue weighted by atomic mass is 10.0. The zero-order chi connectivity index (χ0) is 30.0. The Morgan fingerprint density at radius 1 is 0.386 bits per heavy atom. The Kier molecular flexibility index (Phi) is 4.74. The largest absolute Gasteiger partial charge is 0.497 e. The summed E-state index contributed by atoms with van der Waals surface area (Å²) in [6.45, 7) is 0. The number of fused-ring (bicyclic) bond motifs is 10. The van der Waals surface area contributed by atoms with Crippen molar-refractivity contribution in [2.24, 2.45) is 0 Å². The van der Waals surface area contributed by atoms with Gasteiger partial charge < -0.3 is 27.7 Å². The van der Waals surface area contributed by atoms with E-state index in [1.165, 1.54) is 0 Å². The maximum Gasteiger partial charge on any atom is 0.197 e. The normalized spacial score (nSPS) is 12.3. The molecule has 5 aromatic carbocycles. The quantitative estimate of drug-likeness (QED) is 0.215. The lowest BCUT2D eigenvalue weighted by Gasteiger charge is -2.12. The van der Waals surface area contributed by atoms with Crippen molar-refractivity contribution in [2.45, 2.75) is 0 Å². The predicted octanol–water partition coefficient (Wildman–Crippen LogP) is 6.74. The number of hydrogen-bond acceptors (Lipinski definition) is 6. The van der Waals surface area contributed by atoms with Crippen molar-refractivity contribution < 1.29 is 18.9 Å². The lowest BCUT2D eigenvalue weighted by Crippen LogP contribution is -2.11. The molecule has 0 N–H and O–H groups in total. The van der Waals surface area contributed by atoms with E-state index in [0.29, 0.717) is 55.6 Å². The molecule has 44 heavy (non-hydrogen) atoms. The van der Waals surface area contributed by atoms with Crippen LogP contribution in [0.5, 0.6) is 23.0 Å². The molecule has 214 valence electrons. The van der Waals surface area contributed by atoms with Crippen molar-refractivity contribution >= 4 is 76.2 Å². The van der Waals surface area contributed by atoms with Crippen LogP contribution in [0.2, 0.25) is 0 Å². The molecule has 8 nitrogen and oxygen atoms in total. The molecule has 9 aromatic rings. The average Bonchev–Trinajstić information content (AvgIpc) is 3.57. The summed E-state index contributed by atoms with van der Waals surface area (Å²) in [5.41, 5.74) is 4.54. The van der Waals surface area contributed by atoms with Crippen LogP contribution >= 0.6 is 0 Å². The highest BCUT2D eigenvalue weighted by Crippen LogP contribution is 2.41. The molecule has 0 bridgehead atoms. The Bertz CT molecular complexity index is 2620. The molecule has 0 amide bonds. The third-order valence-electron chi connectivity index (χ3n) is 9.13. The zero-order valence-corrected chi connectivity index (χ0v) is 24.3. The molecular weight excluding hydrogens is 556 g/mol. The molecule has 4 aromatic heterocycles. The van der Waals surface area contributed by atoms with Crippen molar-refractivity contribution in [1.82, 2.24) is 8.80 Å². The van der Waals surface area contributed by atoms with Gasteiger partial charge >= 0.3 is 0 Å². The molecule has 0 saturated heterocycles. The van der Waals surface area contributed by atoms with E-state index < -0.39 is 0 Å². The van der Waals surface area contributed by atoms with E-state index in [4.69, 9.17) is 18.9 Å². The smallest absolute Gasteiger partial charge is 0.197 e. The number of methoxy groups -OCH3 is 4. The van der Waals surface area contributed by atoms with E-state index in [1.807, 2.05) is 54.6 Å². The summed E-state index contributed by atoms with van der Waals surface area (Å²) in [5.74, 6) is 2.59. The number of rotatable bonds is 4. The molecule has 0 fully saturated rings. The molecule has 8 heteroatoms. The molecule has 0 atom stereocenters. The molecule has 0 aliphatic carbocycles. The number of benzene rings is 5. The topological polar surface area (TPSA) is 79.9 Å². The maximum atomic E-state index is 14.3. The highest BCUT2D eigenvalue weighted by Gasteiger charge is 2.23. The fourth-order valence-corrected chi connectivity index (χ4v) is 7.14. The molecule has 0 aliphatic rings. The molecule has 9 rings (SSSR count). The summed E-state index contributed by atoms with van der Waals surface area (Å²) in [4.78, 5) is 28.6. The fraction of sp³-hybridized carbons (Fsp3) is 0.111. The van der Waals surface area contributed by atoms with Gasteiger partial charge in [0.2, 0.25) is 0 Å². The summed E-state index contributed by atoms with van der Waals surface area (Å²) < 4.78 is 26.6. The van der Waals surface area contributed by atoms with Gasteiger partial charge in [-0.3, -0.25) is 9.59 Å². The Morgan fingerprint density at radius 2 is 0.773 bits per heavy atom. The van der Waals surface area contributed by atoms with Gasteiger partial charge in [0.25, 0.3) is 0 Å². The van der Waals surface area contributed by atoms with Crippen LogP contribution in [0.25, 0.3) is 76.2 Å². The number of aromatic nitrogens is 2. The van der Waals surface area contributed by atoms with E-state index in [0.717, 1.165) is 43.6 Å². The zero-order valence-electron chi connectivity index (χ0n) is 24.3. The van der Waals surface area contributed by atoms with Crippen LogP contribution in [0, 0.1) is 0 Å². The van der Waals surface area contributed by atoms with Gasteiger partial charge in [0.1, 0.15) is 23.0 Å². The number of nitrogens with zero attached hydrogens (tertiary/aromatic N) is 2. The SMILES string of the molecule is COc1ccc2c(c1)c1cc(OC)cc3c(=O)c4cc5c(=O)c6cc(OC)cc7c8cc(OC)ccc8n(c5cc4n2c31)c67. The number of hydrogen-bond donors (Lipinski definition) is 0. The van der Waals surface area contributed by atoms with Crippen molar-refractivity contribution in [1.29, 1.82) is 0 Å². The molecule has 0 aliphatic heterocycles. The summed E-state index contributed by atoms with van der Waals surface area (Å²) in [6, 6.07) is 23.0. The van der Waals surface area contributed by atoms with Gasteiger partial charge in [0.15, 0.2) is 10.9 Å². The second-order valence-electron chi connectivity index (χ2n) is 11.1. The van der Waals surface area contributed by atoms with E-state index in [2.05, 4.69) is 8.80 Å². The Labute approximate surface area is 248 Å². The summed E-state index contributed by atoms with van der Waals surface area (Å²) in [5, 5.41) is 5.60. The first kappa shape index (κ1) is 24.8. The highest BCUT2D eigenvalue weighted by atomic mass is 16.5. The van der Waals surface area contributed by atoms with Gasteiger partial charge in [-0.15, -0.1) is 0 Å². The Balaban J connectivity index is 1.58. The van der Waals surface area contributed by atoms with Gasteiger partial charge in [-0.05, 0) is 72.8 Å². The van der Waals surface area contributed by atoms with Crippen LogP contribution in [0.1, 0.15) is 0 Å². The van der Waals surface area contributed by atoms with Gasteiger partial charge in [-0.25, -0.2) is 0 Å². The third kappa shape index (κ3) is 2.92. The predicted molar refractivity (Wildman–Crippen MR) is 175 cm³/mol. The van der Waals surface area contributed by atoms with Crippen molar-refractivity contribution in [3.8, 4) is 23.0 Å². The Hall–Kier alpha value is -5.76. The molecule has 4 heterocycles. The number of pyridine rings is 2.